The van der Waals surface area contributed by atoms with E-state index >= 15 is 0 Å². The molecule has 2 aliphatic carbocycles. The SMILES string of the molecule is COC1CCCCC1OC(=O)OC1CCCCC1OC(=O)c1ccccc1C(C)=O. The summed E-state index contributed by atoms with van der Waals surface area (Å²) < 4.78 is 22.2. The van der Waals surface area contributed by atoms with Crippen LogP contribution in [0.4, 0.5) is 4.79 Å². The second-order valence-corrected chi connectivity index (χ2v) is 7.95. The monoisotopic (exact) mass is 418 g/mol. The second-order valence-electron chi connectivity index (χ2n) is 7.95. The van der Waals surface area contributed by atoms with Gasteiger partial charge in [-0.3, -0.25) is 4.79 Å². The fourth-order valence-electron chi connectivity index (χ4n) is 4.24. The number of hydrogen-bond donors (Lipinski definition) is 0. The maximum absolute atomic E-state index is 12.7. The maximum Gasteiger partial charge on any atom is 0.509 e. The van der Waals surface area contributed by atoms with Gasteiger partial charge in [-0.1, -0.05) is 24.6 Å². The number of benzene rings is 1. The van der Waals surface area contributed by atoms with Crippen LogP contribution < -0.4 is 0 Å². The highest BCUT2D eigenvalue weighted by atomic mass is 16.7. The number of ketones is 1. The third kappa shape index (κ3) is 5.59. The van der Waals surface area contributed by atoms with Crippen LogP contribution in [-0.2, 0) is 18.9 Å². The van der Waals surface area contributed by atoms with Gasteiger partial charge in [-0.05, 0) is 57.9 Å². The molecule has 4 atom stereocenters. The number of Topliss-reactive ketones (excluding diaryl/α,β-unsaturated/α-hetero) is 1. The van der Waals surface area contributed by atoms with Crippen molar-refractivity contribution in [2.24, 2.45) is 0 Å². The fraction of sp³-hybridized carbons (Fsp3) is 0.609. The zero-order chi connectivity index (χ0) is 21.5. The summed E-state index contributed by atoms with van der Waals surface area (Å²) in [5.41, 5.74) is 0.542. The van der Waals surface area contributed by atoms with Crippen molar-refractivity contribution >= 4 is 17.9 Å². The minimum absolute atomic E-state index is 0.116. The fourth-order valence-corrected chi connectivity index (χ4v) is 4.24. The van der Waals surface area contributed by atoms with Gasteiger partial charge in [-0.25, -0.2) is 9.59 Å². The lowest BCUT2D eigenvalue weighted by atomic mass is 9.94. The molecule has 2 aliphatic rings. The van der Waals surface area contributed by atoms with Crippen LogP contribution in [0.15, 0.2) is 24.3 Å². The molecule has 30 heavy (non-hydrogen) atoms. The zero-order valence-corrected chi connectivity index (χ0v) is 17.6. The van der Waals surface area contributed by atoms with Crippen LogP contribution in [0.25, 0.3) is 0 Å². The van der Waals surface area contributed by atoms with E-state index in [-0.39, 0.29) is 23.6 Å². The molecule has 0 saturated heterocycles. The topological polar surface area (TPSA) is 88.1 Å². The molecular formula is C23H30O7. The maximum atomic E-state index is 12.7. The molecule has 7 nitrogen and oxygen atoms in total. The van der Waals surface area contributed by atoms with Gasteiger partial charge < -0.3 is 18.9 Å². The summed E-state index contributed by atoms with van der Waals surface area (Å²) in [6.07, 6.45) is 4.26. The number of esters is 1. The standard InChI is InChI=1S/C23H30O7/c1-15(24)16-9-3-4-10-17(16)22(25)28-20-13-7-8-14-21(20)30-23(26)29-19-12-6-5-11-18(19)27-2/h3-4,9-10,18-21H,5-8,11-14H2,1-2H3. The lowest BCUT2D eigenvalue weighted by molar-refractivity contribution is -0.0957. The summed E-state index contributed by atoms with van der Waals surface area (Å²) in [4.78, 5) is 36.9. The Morgan fingerprint density at radius 1 is 0.733 bits per heavy atom. The number of carbonyl (C=O) groups is 3. The first-order chi connectivity index (χ1) is 14.5. The van der Waals surface area contributed by atoms with Crippen molar-refractivity contribution in [3.63, 3.8) is 0 Å². The first-order valence-corrected chi connectivity index (χ1v) is 10.7. The lowest BCUT2D eigenvalue weighted by Crippen LogP contribution is -2.40. The van der Waals surface area contributed by atoms with Gasteiger partial charge >= 0.3 is 12.1 Å². The van der Waals surface area contributed by atoms with Gasteiger partial charge in [0, 0.05) is 12.7 Å². The van der Waals surface area contributed by atoms with Crippen LogP contribution in [0, 0.1) is 0 Å². The van der Waals surface area contributed by atoms with Gasteiger partial charge in [-0.15, -0.1) is 0 Å². The van der Waals surface area contributed by atoms with Gasteiger partial charge in [0.1, 0.15) is 18.3 Å². The van der Waals surface area contributed by atoms with Crippen LogP contribution in [0.3, 0.4) is 0 Å². The highest BCUT2D eigenvalue weighted by molar-refractivity contribution is 6.05. The number of methoxy groups -OCH3 is 1. The molecule has 1 aromatic carbocycles. The number of rotatable bonds is 6. The Hall–Kier alpha value is -2.41. The normalized spacial score (nSPS) is 26.5. The average molecular weight is 418 g/mol. The highest BCUT2D eigenvalue weighted by Gasteiger charge is 2.35. The predicted octanol–water partition coefficient (Wildman–Crippen LogP) is 4.47. The number of hydrogen-bond acceptors (Lipinski definition) is 7. The van der Waals surface area contributed by atoms with Crippen molar-refractivity contribution in [2.45, 2.75) is 82.7 Å². The van der Waals surface area contributed by atoms with Crippen molar-refractivity contribution in [2.75, 3.05) is 7.11 Å². The van der Waals surface area contributed by atoms with Crippen molar-refractivity contribution in [1.29, 1.82) is 0 Å². The Morgan fingerprint density at radius 2 is 1.20 bits per heavy atom. The lowest BCUT2D eigenvalue weighted by Gasteiger charge is -2.33. The molecule has 164 valence electrons. The molecule has 2 saturated carbocycles. The molecule has 0 heterocycles. The number of carbonyl (C=O) groups excluding carboxylic acids is 3. The highest BCUT2D eigenvalue weighted by Crippen LogP contribution is 2.28. The molecule has 0 N–H and O–H groups in total. The molecule has 0 aromatic heterocycles. The molecule has 4 unspecified atom stereocenters. The van der Waals surface area contributed by atoms with E-state index < -0.39 is 24.3 Å². The average Bonchev–Trinajstić information content (AvgIpc) is 2.75. The zero-order valence-electron chi connectivity index (χ0n) is 17.6. The molecule has 7 heteroatoms. The molecule has 0 amide bonds. The molecule has 3 rings (SSSR count). The molecular weight excluding hydrogens is 388 g/mol. The third-order valence-electron chi connectivity index (χ3n) is 5.87. The smallest absolute Gasteiger partial charge is 0.455 e. The summed E-state index contributed by atoms with van der Waals surface area (Å²) in [6, 6.07) is 6.56. The van der Waals surface area contributed by atoms with E-state index in [4.69, 9.17) is 18.9 Å². The van der Waals surface area contributed by atoms with Crippen molar-refractivity contribution < 1.29 is 33.3 Å². The Morgan fingerprint density at radius 3 is 1.73 bits per heavy atom. The number of ether oxygens (including phenoxy) is 4. The Balaban J connectivity index is 1.61. The van der Waals surface area contributed by atoms with E-state index in [2.05, 4.69) is 0 Å². The summed E-state index contributed by atoms with van der Waals surface area (Å²) >= 11 is 0. The van der Waals surface area contributed by atoms with Crippen LogP contribution in [0.1, 0.15) is 79.0 Å². The Kier molecular flexibility index (Phi) is 7.85. The van der Waals surface area contributed by atoms with Crippen molar-refractivity contribution in [3.8, 4) is 0 Å². The summed E-state index contributed by atoms with van der Waals surface area (Å²) in [6.45, 7) is 1.41. The van der Waals surface area contributed by atoms with Crippen LogP contribution in [0.2, 0.25) is 0 Å². The predicted molar refractivity (Wildman–Crippen MR) is 109 cm³/mol. The van der Waals surface area contributed by atoms with E-state index in [1.165, 1.54) is 6.92 Å². The molecule has 1 aromatic rings. The van der Waals surface area contributed by atoms with E-state index in [1.54, 1.807) is 31.4 Å². The van der Waals surface area contributed by atoms with Crippen molar-refractivity contribution in [1.82, 2.24) is 0 Å². The molecule has 0 aliphatic heterocycles. The molecule has 0 radical (unpaired) electrons. The van der Waals surface area contributed by atoms with E-state index in [0.717, 1.165) is 38.5 Å². The van der Waals surface area contributed by atoms with E-state index in [9.17, 15) is 14.4 Å². The van der Waals surface area contributed by atoms with Crippen molar-refractivity contribution in [3.05, 3.63) is 35.4 Å². The second kappa shape index (κ2) is 10.6. The van der Waals surface area contributed by atoms with Gasteiger partial charge in [0.05, 0.1) is 11.7 Å². The molecule has 0 spiro atoms. The Bertz CT molecular complexity index is 760. The Labute approximate surface area is 177 Å². The van der Waals surface area contributed by atoms with Gasteiger partial charge in [0.25, 0.3) is 0 Å². The van der Waals surface area contributed by atoms with Gasteiger partial charge in [-0.2, -0.15) is 0 Å². The van der Waals surface area contributed by atoms with Crippen LogP contribution in [-0.4, -0.2) is 49.4 Å². The van der Waals surface area contributed by atoms with Crippen LogP contribution >= 0.6 is 0 Å². The van der Waals surface area contributed by atoms with E-state index in [0.29, 0.717) is 18.4 Å². The summed E-state index contributed by atoms with van der Waals surface area (Å²) in [5.74, 6) is -0.788. The van der Waals surface area contributed by atoms with Crippen LogP contribution in [0.5, 0.6) is 0 Å². The third-order valence-corrected chi connectivity index (χ3v) is 5.87. The summed E-state index contributed by atoms with van der Waals surface area (Å²) in [7, 11) is 1.62. The largest absolute Gasteiger partial charge is 0.509 e. The quantitative estimate of drug-likeness (QED) is 0.497. The minimum atomic E-state index is -0.749. The van der Waals surface area contributed by atoms with Gasteiger partial charge in [0.2, 0.25) is 0 Å². The summed E-state index contributed by atoms with van der Waals surface area (Å²) in [5, 5.41) is 0. The first-order valence-electron chi connectivity index (χ1n) is 10.7. The molecule has 0 bridgehead atoms. The van der Waals surface area contributed by atoms with E-state index in [1.807, 2.05) is 0 Å². The minimum Gasteiger partial charge on any atom is -0.455 e. The molecule has 2 fully saturated rings. The first kappa shape index (κ1) is 22.3. The van der Waals surface area contributed by atoms with Gasteiger partial charge in [0.15, 0.2) is 5.78 Å².